The van der Waals surface area contributed by atoms with Gasteiger partial charge in [0.05, 0.1) is 6.61 Å². The van der Waals surface area contributed by atoms with Gasteiger partial charge >= 0.3 is 30.8 Å². The number of aromatic nitrogens is 4. The third-order valence-electron chi connectivity index (χ3n) is 16.0. The zero-order valence-electron chi connectivity index (χ0n) is 43.1. The van der Waals surface area contributed by atoms with Crippen molar-refractivity contribution in [2.75, 3.05) is 32.8 Å². The predicted molar refractivity (Wildman–Crippen MR) is 270 cm³/mol. The van der Waals surface area contributed by atoms with Crippen molar-refractivity contribution in [1.29, 1.82) is 0 Å². The number of fused-ring (bicyclic) bond motifs is 2. The Morgan fingerprint density at radius 3 is 1.58 bits per heavy atom. The summed E-state index contributed by atoms with van der Waals surface area (Å²) in [5, 5.41) is 10.0. The molecule has 0 amide bonds. The molecule has 2 saturated heterocycles. The van der Waals surface area contributed by atoms with Gasteiger partial charge in [-0.1, -0.05) is 49.9 Å². The van der Waals surface area contributed by atoms with Crippen LogP contribution in [0.5, 0.6) is 0 Å². The zero-order chi connectivity index (χ0) is 48.5. The van der Waals surface area contributed by atoms with Gasteiger partial charge in [-0.3, -0.25) is 34.5 Å². The van der Waals surface area contributed by atoms with E-state index in [4.69, 9.17) is 14.7 Å². The molecule has 6 aliphatic rings. The molecule has 72 heavy (non-hydrogen) atoms. The van der Waals surface area contributed by atoms with Crippen LogP contribution in [0.15, 0.2) is 60.9 Å². The number of esters is 1. The third-order valence-corrected chi connectivity index (χ3v) is 16.0. The van der Waals surface area contributed by atoms with E-state index < -0.39 is 29.4 Å². The summed E-state index contributed by atoms with van der Waals surface area (Å²) in [6.07, 6.45) is 27.0. The number of carbonyl (C=O) groups is 2. The second kappa shape index (κ2) is 25.9. The monoisotopic (exact) mass is 983 g/mol. The number of hydrogen-bond donors (Lipinski definition) is 1. The fraction of sp³-hybridized carbons (Fsp3) is 0.621. The summed E-state index contributed by atoms with van der Waals surface area (Å²) >= 11 is 0. The molecule has 0 bridgehead atoms. The number of aliphatic carboxylic acids is 1. The van der Waals surface area contributed by atoms with Gasteiger partial charge in [-0.05, 0) is 171 Å². The number of alkyl halides is 2. The van der Waals surface area contributed by atoms with Crippen LogP contribution in [0.4, 0.5) is 8.78 Å². The number of hydrogen-bond acceptors (Lipinski definition) is 10. The van der Waals surface area contributed by atoms with Gasteiger partial charge in [0, 0.05) is 95.7 Å². The Morgan fingerprint density at radius 1 is 0.667 bits per heavy atom. The smallest absolute Gasteiger partial charge is 0.870 e. The fourth-order valence-electron chi connectivity index (χ4n) is 11.9. The molecule has 384 valence electrons. The molecular weight excluding hydrogens is 906 g/mol. The van der Waals surface area contributed by atoms with E-state index in [2.05, 4.69) is 34.2 Å². The van der Waals surface area contributed by atoms with Gasteiger partial charge in [0.1, 0.15) is 23.4 Å². The zero-order valence-corrected chi connectivity index (χ0v) is 43.1. The summed E-state index contributed by atoms with van der Waals surface area (Å²) in [4.78, 5) is 47.9. The number of unbranched alkanes of at least 4 members (excludes halogenated alkanes) is 4. The van der Waals surface area contributed by atoms with Crippen LogP contribution < -0.4 is 18.9 Å². The Balaban J connectivity index is 0.000000206. The minimum Gasteiger partial charge on any atom is -0.870 e. The van der Waals surface area contributed by atoms with Crippen LogP contribution in [0.2, 0.25) is 0 Å². The number of rotatable bonds is 21. The number of pyridine rings is 4. The first-order valence-corrected chi connectivity index (χ1v) is 27.2. The number of aryl methyl sites for hydroxylation is 6. The van der Waals surface area contributed by atoms with Crippen LogP contribution in [0.1, 0.15) is 203 Å². The predicted octanol–water partition coefficient (Wildman–Crippen LogP) is 8.46. The summed E-state index contributed by atoms with van der Waals surface area (Å²) in [6, 6.07) is 15.0. The van der Waals surface area contributed by atoms with Crippen molar-refractivity contribution in [3.05, 3.63) is 117 Å². The maximum Gasteiger partial charge on any atom is 1.00 e. The molecule has 10 rings (SSSR count). The molecule has 4 unspecified atom stereocenters. The number of nitrogens with zero attached hydrogens (tertiary/aromatic N) is 6. The summed E-state index contributed by atoms with van der Waals surface area (Å²) in [7, 11) is 0. The van der Waals surface area contributed by atoms with Crippen LogP contribution in [0.25, 0.3) is 0 Å². The Labute approximate surface area is 438 Å². The first-order chi connectivity index (χ1) is 34.1. The van der Waals surface area contributed by atoms with E-state index in [0.717, 1.165) is 131 Å². The van der Waals surface area contributed by atoms with Crippen molar-refractivity contribution in [2.24, 2.45) is 0 Å². The Hall–Kier alpha value is -4.12. The van der Waals surface area contributed by atoms with Crippen LogP contribution in [-0.4, -0.2) is 96.4 Å². The van der Waals surface area contributed by atoms with Gasteiger partial charge in [0.15, 0.2) is 0 Å². The molecule has 4 fully saturated rings. The van der Waals surface area contributed by atoms with Crippen LogP contribution in [0, 0.1) is 0 Å². The molecule has 4 aromatic heterocycles. The molecule has 6 heterocycles. The average Bonchev–Trinajstić information content (AvgIpc) is 4.32. The molecule has 2 aliphatic heterocycles. The van der Waals surface area contributed by atoms with E-state index >= 15 is 8.78 Å². The van der Waals surface area contributed by atoms with Crippen molar-refractivity contribution in [3.8, 4) is 0 Å². The molecule has 0 aromatic carbocycles. The van der Waals surface area contributed by atoms with E-state index in [0.29, 0.717) is 57.2 Å². The molecule has 2 saturated carbocycles. The number of carbonyl (C=O) groups excluding carboxylic acids is 1. The minimum atomic E-state index is -1.31. The van der Waals surface area contributed by atoms with E-state index in [1.165, 1.54) is 53.9 Å². The SMILES string of the molecule is CCOC(=O)C(c1cccnc1C1CC1)N1CCC(F)(CCCCCc2ccc3c(n2)CCCC3)C1.O=C(O)C(c1cccnc1C1CC1)N1CCC(F)(CCCCCc2ccc3c(n2)CCCC3)C1.[Li+].[OH-]. The Morgan fingerprint density at radius 2 is 1.12 bits per heavy atom. The molecule has 4 atom stereocenters. The standard InChI is InChI=1S/C30H40FN3O2.C28H36FN3O2.Li.H2O/c1-2-36-29(35)28(25-11-8-19-32-27(25)23-13-14-23)34-20-18-30(31,21-34)17-7-3-4-10-24-16-15-22-9-5-6-12-26(22)33-24;29-28(15-5-1-2-8-22-14-13-20-7-3-4-10-24(20)31-22)16-18-32(19-28)26(27(33)34)23-9-6-17-30-25(23)21-11-12-21;;/h8,11,15-16,19,23,28H,2-7,9-10,12-14,17-18,20-21H2,1H3;6,9,13-14,17,21,26H,1-5,7-8,10-12,15-16,18-19H2,(H,33,34);;1H2/q;;+1;/p-1. The van der Waals surface area contributed by atoms with Gasteiger partial charge in [-0.15, -0.1) is 0 Å². The van der Waals surface area contributed by atoms with E-state index in [-0.39, 0.29) is 43.4 Å². The van der Waals surface area contributed by atoms with Gasteiger partial charge in [-0.2, -0.15) is 0 Å². The normalized spacial score (nSPS) is 22.5. The average molecular weight is 983 g/mol. The molecule has 4 aromatic rings. The summed E-state index contributed by atoms with van der Waals surface area (Å²) in [6.45, 7) is 3.66. The van der Waals surface area contributed by atoms with Crippen LogP contribution >= 0.6 is 0 Å². The van der Waals surface area contributed by atoms with Gasteiger partial charge < -0.3 is 15.3 Å². The van der Waals surface area contributed by atoms with Crippen molar-refractivity contribution in [2.45, 2.75) is 196 Å². The third kappa shape index (κ3) is 14.4. The second-order valence-corrected chi connectivity index (χ2v) is 21.5. The summed E-state index contributed by atoms with van der Waals surface area (Å²) < 4.78 is 37.0. The number of ether oxygens (including phenoxy) is 1. The van der Waals surface area contributed by atoms with E-state index in [9.17, 15) is 14.7 Å². The summed E-state index contributed by atoms with van der Waals surface area (Å²) in [5.74, 6) is -0.410. The molecule has 0 spiro atoms. The van der Waals surface area contributed by atoms with E-state index in [1.54, 1.807) is 18.5 Å². The molecule has 14 heteroatoms. The van der Waals surface area contributed by atoms with Crippen LogP contribution in [0.3, 0.4) is 0 Å². The molecule has 4 aliphatic carbocycles. The maximum absolute atomic E-state index is 15.9. The first-order valence-electron chi connectivity index (χ1n) is 27.2. The molecule has 0 radical (unpaired) electrons. The van der Waals surface area contributed by atoms with Crippen molar-refractivity contribution < 1.29 is 52.6 Å². The maximum atomic E-state index is 15.9. The quantitative estimate of drug-likeness (QED) is 0.0487. The largest absolute Gasteiger partial charge is 1.00 e. The number of likely N-dealkylation sites (tertiary alicyclic amines) is 2. The second-order valence-electron chi connectivity index (χ2n) is 21.5. The number of carboxylic acids is 1. The van der Waals surface area contributed by atoms with Crippen LogP contribution in [-0.2, 0) is 52.9 Å². The van der Waals surface area contributed by atoms with E-state index in [1.807, 2.05) is 34.9 Å². The van der Waals surface area contributed by atoms with Crippen molar-refractivity contribution in [1.82, 2.24) is 29.7 Å². The summed E-state index contributed by atoms with van der Waals surface area (Å²) in [5.41, 5.74) is 8.72. The molecule has 11 nitrogen and oxygen atoms in total. The van der Waals surface area contributed by atoms with Crippen molar-refractivity contribution in [3.63, 3.8) is 0 Å². The number of carboxylic acid groups (broad SMARTS) is 1. The Bertz CT molecular complexity index is 2420. The topological polar surface area (TPSA) is 152 Å². The molecular formula is C58H77F2LiN6O5. The van der Waals surface area contributed by atoms with Gasteiger partial charge in [-0.25, -0.2) is 13.6 Å². The van der Waals surface area contributed by atoms with Gasteiger partial charge in [0.25, 0.3) is 0 Å². The van der Waals surface area contributed by atoms with Crippen molar-refractivity contribution >= 4 is 11.9 Å². The first kappa shape index (κ1) is 55.6. The minimum absolute atomic E-state index is 0. The Kier molecular flexibility index (Phi) is 20.0. The number of halogens is 2. The fourth-order valence-corrected chi connectivity index (χ4v) is 11.9. The van der Waals surface area contributed by atoms with Gasteiger partial charge in [0.2, 0.25) is 0 Å². The molecule has 2 N–H and O–H groups in total.